The van der Waals surface area contributed by atoms with Crippen LogP contribution in [0.5, 0.6) is 0 Å². The maximum atomic E-state index is 12.0. The molecule has 0 aliphatic heterocycles. The number of carbonyl (C=O) groups is 1. The highest BCUT2D eigenvalue weighted by Crippen LogP contribution is 2.12. The number of quaternary nitrogens is 1. The Kier molecular flexibility index (Phi) is 4.88. The summed E-state index contributed by atoms with van der Waals surface area (Å²) < 4.78 is 0. The van der Waals surface area contributed by atoms with E-state index in [4.69, 9.17) is 5.26 Å². The Morgan fingerprint density at radius 3 is 2.85 bits per heavy atom. The third-order valence-electron chi connectivity index (χ3n) is 2.84. The summed E-state index contributed by atoms with van der Waals surface area (Å²) >= 11 is 1.69. The molecule has 1 aromatic carbocycles. The molecule has 0 saturated carbocycles. The zero-order chi connectivity index (χ0) is 14.4. The highest BCUT2D eigenvalue weighted by atomic mass is 32.1. The second-order valence-electron chi connectivity index (χ2n) is 4.60. The zero-order valence-corrected chi connectivity index (χ0v) is 12.0. The van der Waals surface area contributed by atoms with Crippen LogP contribution >= 0.6 is 11.3 Å². The average molecular weight is 286 g/mol. The first-order valence-electron chi connectivity index (χ1n) is 6.31. The number of nitrogens with zero attached hydrogens (tertiary/aromatic N) is 1. The smallest absolute Gasteiger partial charge is 0.279 e. The van der Waals surface area contributed by atoms with Gasteiger partial charge in [-0.05, 0) is 23.6 Å². The fraction of sp³-hybridized carbons (Fsp3) is 0.200. The second kappa shape index (κ2) is 6.85. The molecule has 5 heteroatoms. The zero-order valence-electron chi connectivity index (χ0n) is 11.2. The van der Waals surface area contributed by atoms with E-state index in [-0.39, 0.29) is 5.91 Å². The van der Waals surface area contributed by atoms with Crippen LogP contribution < -0.4 is 10.2 Å². The van der Waals surface area contributed by atoms with Gasteiger partial charge in [0.15, 0.2) is 6.54 Å². The van der Waals surface area contributed by atoms with Crippen molar-refractivity contribution in [1.29, 1.82) is 5.26 Å². The Hall–Kier alpha value is -2.16. The highest BCUT2D eigenvalue weighted by molar-refractivity contribution is 7.09. The Morgan fingerprint density at radius 1 is 1.35 bits per heavy atom. The fourth-order valence-electron chi connectivity index (χ4n) is 1.93. The van der Waals surface area contributed by atoms with E-state index in [1.165, 1.54) is 4.88 Å². The summed E-state index contributed by atoms with van der Waals surface area (Å²) in [4.78, 5) is 14.3. The van der Waals surface area contributed by atoms with Gasteiger partial charge in [0, 0.05) is 0 Å². The number of likely N-dealkylation sites (N-methyl/N-ethyl adjacent to an activating group) is 1. The Labute approximate surface area is 122 Å². The molecule has 1 amide bonds. The van der Waals surface area contributed by atoms with E-state index in [0.29, 0.717) is 17.8 Å². The van der Waals surface area contributed by atoms with Gasteiger partial charge in [-0.3, -0.25) is 4.79 Å². The van der Waals surface area contributed by atoms with Gasteiger partial charge in [-0.2, -0.15) is 5.26 Å². The van der Waals surface area contributed by atoms with E-state index in [1.54, 1.807) is 35.6 Å². The van der Waals surface area contributed by atoms with E-state index in [0.717, 1.165) is 11.4 Å². The molecule has 0 fully saturated rings. The van der Waals surface area contributed by atoms with Crippen molar-refractivity contribution < 1.29 is 9.69 Å². The van der Waals surface area contributed by atoms with E-state index in [9.17, 15) is 4.79 Å². The normalized spacial score (nSPS) is 11.6. The quantitative estimate of drug-likeness (QED) is 0.870. The average Bonchev–Trinajstić information content (AvgIpc) is 2.91. The summed E-state index contributed by atoms with van der Waals surface area (Å²) in [6.07, 6.45) is 0. The predicted molar refractivity (Wildman–Crippen MR) is 79.6 cm³/mol. The molecule has 0 aliphatic carbocycles. The molecule has 1 atom stereocenters. The lowest BCUT2D eigenvalue weighted by Gasteiger charge is -2.13. The molecular weight excluding hydrogens is 270 g/mol. The molecule has 0 saturated heterocycles. The van der Waals surface area contributed by atoms with Crippen LogP contribution in [-0.4, -0.2) is 19.5 Å². The number of thiophene rings is 1. The first-order chi connectivity index (χ1) is 9.69. The molecule has 0 bridgehead atoms. The minimum absolute atomic E-state index is 0.0817. The number of amides is 1. The van der Waals surface area contributed by atoms with Crippen LogP contribution in [0.25, 0.3) is 0 Å². The van der Waals surface area contributed by atoms with Gasteiger partial charge in [-0.1, -0.05) is 18.2 Å². The monoisotopic (exact) mass is 286 g/mol. The van der Waals surface area contributed by atoms with Crippen LogP contribution in [0.15, 0.2) is 41.8 Å². The van der Waals surface area contributed by atoms with Crippen LogP contribution in [0.1, 0.15) is 10.4 Å². The number of benzene rings is 1. The van der Waals surface area contributed by atoms with Crippen molar-refractivity contribution >= 4 is 22.9 Å². The molecule has 0 aliphatic rings. The molecule has 1 heterocycles. The van der Waals surface area contributed by atoms with Crippen LogP contribution in [0.4, 0.5) is 5.69 Å². The van der Waals surface area contributed by atoms with Gasteiger partial charge in [-0.15, -0.1) is 11.3 Å². The molecule has 2 rings (SSSR count). The van der Waals surface area contributed by atoms with Gasteiger partial charge < -0.3 is 10.2 Å². The van der Waals surface area contributed by atoms with E-state index in [2.05, 4.69) is 17.5 Å². The first-order valence-corrected chi connectivity index (χ1v) is 7.19. The highest BCUT2D eigenvalue weighted by Gasteiger charge is 2.12. The molecule has 102 valence electrons. The largest absolute Gasteiger partial charge is 0.325 e. The van der Waals surface area contributed by atoms with Crippen LogP contribution in [0, 0.1) is 11.3 Å². The minimum atomic E-state index is -0.0817. The number of hydrogen-bond donors (Lipinski definition) is 2. The number of nitrogens with one attached hydrogen (secondary N) is 2. The second-order valence-corrected chi connectivity index (χ2v) is 5.63. The SMILES string of the molecule is C[NH+](CC(=O)Nc1ccccc1C#N)Cc1cccs1. The van der Waals surface area contributed by atoms with E-state index in [1.807, 2.05) is 18.5 Å². The molecule has 4 nitrogen and oxygen atoms in total. The van der Waals surface area contributed by atoms with Crippen LogP contribution in [-0.2, 0) is 11.3 Å². The van der Waals surface area contributed by atoms with Crippen molar-refractivity contribution in [2.45, 2.75) is 6.54 Å². The summed E-state index contributed by atoms with van der Waals surface area (Å²) in [7, 11) is 1.98. The van der Waals surface area contributed by atoms with Crippen molar-refractivity contribution in [2.75, 3.05) is 18.9 Å². The van der Waals surface area contributed by atoms with E-state index < -0.39 is 0 Å². The summed E-state index contributed by atoms with van der Waals surface area (Å²) in [5, 5.41) is 13.8. The van der Waals surface area contributed by atoms with Crippen molar-refractivity contribution in [3.05, 3.63) is 52.2 Å². The maximum absolute atomic E-state index is 12.0. The Balaban J connectivity index is 1.91. The third kappa shape index (κ3) is 3.92. The summed E-state index contributed by atoms with van der Waals surface area (Å²) in [5.41, 5.74) is 1.06. The van der Waals surface area contributed by atoms with Gasteiger partial charge in [-0.25, -0.2) is 0 Å². The van der Waals surface area contributed by atoms with Gasteiger partial charge in [0.1, 0.15) is 12.6 Å². The number of carbonyl (C=O) groups excluding carboxylic acids is 1. The molecule has 1 unspecified atom stereocenters. The lowest BCUT2D eigenvalue weighted by Crippen LogP contribution is -3.08. The number of para-hydroxylation sites is 1. The molecule has 2 N–H and O–H groups in total. The summed E-state index contributed by atoms with van der Waals surface area (Å²) in [6.45, 7) is 1.20. The van der Waals surface area contributed by atoms with Crippen molar-refractivity contribution in [1.82, 2.24) is 0 Å². The number of rotatable bonds is 5. The van der Waals surface area contributed by atoms with E-state index >= 15 is 0 Å². The van der Waals surface area contributed by atoms with Crippen molar-refractivity contribution in [3.63, 3.8) is 0 Å². The summed E-state index contributed by atoms with van der Waals surface area (Å²) in [6, 6.07) is 13.2. The third-order valence-corrected chi connectivity index (χ3v) is 3.72. The topological polar surface area (TPSA) is 57.3 Å². The standard InChI is InChI=1S/C15H15N3OS/c1-18(10-13-6-4-8-20-13)11-15(19)17-14-7-3-2-5-12(14)9-16/h2-8H,10-11H2,1H3,(H,17,19)/p+1. The van der Waals surface area contributed by atoms with Gasteiger partial charge in [0.05, 0.1) is 23.2 Å². The number of anilines is 1. The molecule has 2 aromatic rings. The van der Waals surface area contributed by atoms with Crippen LogP contribution in [0.2, 0.25) is 0 Å². The molecule has 1 aromatic heterocycles. The summed E-state index contributed by atoms with van der Waals surface area (Å²) in [5.74, 6) is -0.0817. The maximum Gasteiger partial charge on any atom is 0.279 e. The Bertz CT molecular complexity index is 616. The van der Waals surface area contributed by atoms with Crippen molar-refractivity contribution in [3.8, 4) is 6.07 Å². The lowest BCUT2D eigenvalue weighted by atomic mass is 10.2. The van der Waals surface area contributed by atoms with Crippen LogP contribution in [0.3, 0.4) is 0 Å². The molecule has 0 radical (unpaired) electrons. The molecular formula is C15H16N3OS+. The number of nitriles is 1. The minimum Gasteiger partial charge on any atom is -0.325 e. The first kappa shape index (κ1) is 14.3. The van der Waals surface area contributed by atoms with Gasteiger partial charge in [0.25, 0.3) is 5.91 Å². The molecule has 0 spiro atoms. The fourth-order valence-corrected chi connectivity index (χ4v) is 2.75. The predicted octanol–water partition coefficient (Wildman–Crippen LogP) is 1.27. The van der Waals surface area contributed by atoms with Gasteiger partial charge >= 0.3 is 0 Å². The Morgan fingerprint density at radius 2 is 2.15 bits per heavy atom. The number of hydrogen-bond acceptors (Lipinski definition) is 3. The van der Waals surface area contributed by atoms with Gasteiger partial charge in [0.2, 0.25) is 0 Å². The van der Waals surface area contributed by atoms with Crippen molar-refractivity contribution in [2.24, 2.45) is 0 Å². The lowest BCUT2D eigenvalue weighted by molar-refractivity contribution is -0.884. The molecule has 20 heavy (non-hydrogen) atoms.